The summed E-state index contributed by atoms with van der Waals surface area (Å²) in [6, 6.07) is 6.23. The molecule has 0 amide bonds. The predicted octanol–water partition coefficient (Wildman–Crippen LogP) is 3.26. The molecule has 0 radical (unpaired) electrons. The predicted molar refractivity (Wildman–Crippen MR) is 82.7 cm³/mol. The molecule has 1 aromatic heterocycles. The minimum absolute atomic E-state index is 0.487. The van der Waals surface area contributed by atoms with E-state index in [1.165, 1.54) is 25.7 Å². The van der Waals surface area contributed by atoms with Crippen molar-refractivity contribution in [3.63, 3.8) is 0 Å². The van der Waals surface area contributed by atoms with Crippen LogP contribution in [0.2, 0.25) is 0 Å². The molecule has 3 rings (SSSR count). The van der Waals surface area contributed by atoms with E-state index in [-0.39, 0.29) is 0 Å². The van der Waals surface area contributed by atoms with Gasteiger partial charge in [0, 0.05) is 11.8 Å². The number of nitrogen functional groups attached to an aromatic ring is 1. The fourth-order valence-electron chi connectivity index (χ4n) is 2.97. The van der Waals surface area contributed by atoms with Crippen LogP contribution < -0.4 is 15.2 Å². The number of nitrogens with zero attached hydrogens (tertiary/aromatic N) is 2. The van der Waals surface area contributed by atoms with Crippen LogP contribution in [-0.2, 0) is 0 Å². The Bertz CT molecular complexity index is 630. The Morgan fingerprint density at radius 3 is 2.52 bits per heavy atom. The SMILES string of the molecule is COc1ccc(-c2nn(C3CCCC3)cc2N)cc1OC. The van der Waals surface area contributed by atoms with E-state index in [1.54, 1.807) is 14.2 Å². The Balaban J connectivity index is 1.96. The maximum absolute atomic E-state index is 6.15. The van der Waals surface area contributed by atoms with Crippen molar-refractivity contribution in [1.29, 1.82) is 0 Å². The minimum Gasteiger partial charge on any atom is -0.493 e. The van der Waals surface area contributed by atoms with E-state index in [0.29, 0.717) is 23.2 Å². The topological polar surface area (TPSA) is 62.3 Å². The zero-order valence-corrected chi connectivity index (χ0v) is 12.5. The van der Waals surface area contributed by atoms with Gasteiger partial charge in [-0.2, -0.15) is 5.10 Å². The Kier molecular flexibility index (Phi) is 3.73. The van der Waals surface area contributed by atoms with Crippen LogP contribution >= 0.6 is 0 Å². The summed E-state index contributed by atoms with van der Waals surface area (Å²) >= 11 is 0. The zero-order chi connectivity index (χ0) is 14.8. The van der Waals surface area contributed by atoms with Crippen LogP contribution in [0.15, 0.2) is 24.4 Å². The highest BCUT2D eigenvalue weighted by Gasteiger charge is 2.20. The molecule has 2 N–H and O–H groups in total. The van der Waals surface area contributed by atoms with Crippen molar-refractivity contribution in [2.24, 2.45) is 0 Å². The number of anilines is 1. The van der Waals surface area contributed by atoms with E-state index in [4.69, 9.17) is 15.2 Å². The summed E-state index contributed by atoms with van der Waals surface area (Å²) in [6.45, 7) is 0. The number of hydrogen-bond donors (Lipinski definition) is 1. The average Bonchev–Trinajstić information content (AvgIpc) is 3.15. The van der Waals surface area contributed by atoms with E-state index < -0.39 is 0 Å². The average molecular weight is 287 g/mol. The Morgan fingerprint density at radius 2 is 1.86 bits per heavy atom. The van der Waals surface area contributed by atoms with Crippen molar-refractivity contribution in [1.82, 2.24) is 9.78 Å². The summed E-state index contributed by atoms with van der Waals surface area (Å²) in [5, 5.41) is 4.69. The molecule has 0 atom stereocenters. The smallest absolute Gasteiger partial charge is 0.161 e. The van der Waals surface area contributed by atoms with Gasteiger partial charge in [-0.25, -0.2) is 0 Å². The quantitative estimate of drug-likeness (QED) is 0.937. The van der Waals surface area contributed by atoms with Crippen LogP contribution in [0.1, 0.15) is 31.7 Å². The van der Waals surface area contributed by atoms with Crippen LogP contribution in [0, 0.1) is 0 Å². The van der Waals surface area contributed by atoms with Gasteiger partial charge in [-0.15, -0.1) is 0 Å². The molecule has 112 valence electrons. The van der Waals surface area contributed by atoms with Gasteiger partial charge in [-0.1, -0.05) is 12.8 Å². The normalized spacial score (nSPS) is 15.3. The summed E-state index contributed by atoms with van der Waals surface area (Å²) in [6.07, 6.45) is 6.87. The number of benzene rings is 1. The number of methoxy groups -OCH3 is 2. The van der Waals surface area contributed by atoms with Crippen molar-refractivity contribution in [2.75, 3.05) is 20.0 Å². The molecular formula is C16H21N3O2. The second-order valence-electron chi connectivity index (χ2n) is 5.42. The van der Waals surface area contributed by atoms with Crippen LogP contribution in [0.5, 0.6) is 11.5 Å². The third kappa shape index (κ3) is 2.55. The first-order chi connectivity index (χ1) is 10.2. The lowest BCUT2D eigenvalue weighted by molar-refractivity contribution is 0.355. The summed E-state index contributed by atoms with van der Waals surface area (Å²) in [7, 11) is 3.25. The fraction of sp³-hybridized carbons (Fsp3) is 0.438. The van der Waals surface area contributed by atoms with Crippen molar-refractivity contribution in [3.05, 3.63) is 24.4 Å². The highest BCUT2D eigenvalue weighted by molar-refractivity contribution is 5.74. The molecule has 1 saturated carbocycles. The van der Waals surface area contributed by atoms with Gasteiger partial charge >= 0.3 is 0 Å². The van der Waals surface area contributed by atoms with Crippen LogP contribution in [0.4, 0.5) is 5.69 Å². The first kappa shape index (κ1) is 13.8. The van der Waals surface area contributed by atoms with Crippen molar-refractivity contribution < 1.29 is 9.47 Å². The van der Waals surface area contributed by atoms with Crippen LogP contribution in [-0.4, -0.2) is 24.0 Å². The molecule has 0 spiro atoms. The van der Waals surface area contributed by atoms with Crippen molar-refractivity contribution in [3.8, 4) is 22.8 Å². The van der Waals surface area contributed by atoms with Gasteiger partial charge < -0.3 is 15.2 Å². The molecule has 1 aromatic carbocycles. The summed E-state index contributed by atoms with van der Waals surface area (Å²) < 4.78 is 12.6. The molecule has 21 heavy (non-hydrogen) atoms. The third-order valence-electron chi connectivity index (χ3n) is 4.12. The lowest BCUT2D eigenvalue weighted by Crippen LogP contribution is -2.04. The van der Waals surface area contributed by atoms with E-state index in [0.717, 1.165) is 11.3 Å². The number of hydrogen-bond acceptors (Lipinski definition) is 4. The van der Waals surface area contributed by atoms with E-state index >= 15 is 0 Å². The Labute approximate surface area is 124 Å². The van der Waals surface area contributed by atoms with E-state index in [2.05, 4.69) is 5.10 Å². The van der Waals surface area contributed by atoms with Gasteiger partial charge in [-0.05, 0) is 31.0 Å². The van der Waals surface area contributed by atoms with Crippen LogP contribution in [0.3, 0.4) is 0 Å². The first-order valence-corrected chi connectivity index (χ1v) is 7.30. The second kappa shape index (κ2) is 5.68. The molecule has 1 heterocycles. The van der Waals surface area contributed by atoms with Gasteiger partial charge in [0.05, 0.1) is 25.9 Å². The van der Waals surface area contributed by atoms with Gasteiger partial charge in [0.2, 0.25) is 0 Å². The number of ether oxygens (including phenoxy) is 2. The lowest BCUT2D eigenvalue weighted by atomic mass is 10.1. The summed E-state index contributed by atoms with van der Waals surface area (Å²) in [5.41, 5.74) is 8.60. The van der Waals surface area contributed by atoms with E-state index in [1.807, 2.05) is 29.1 Å². The fourth-order valence-corrected chi connectivity index (χ4v) is 2.97. The van der Waals surface area contributed by atoms with Crippen LogP contribution in [0.25, 0.3) is 11.3 Å². The standard InChI is InChI=1S/C16H21N3O2/c1-20-14-8-7-11(9-15(14)21-2)16-13(17)10-19(18-16)12-5-3-4-6-12/h7-10,12H,3-6,17H2,1-2H3. The molecule has 1 aliphatic rings. The van der Waals surface area contributed by atoms with Crippen molar-refractivity contribution >= 4 is 5.69 Å². The molecule has 5 heteroatoms. The third-order valence-corrected chi connectivity index (χ3v) is 4.12. The Morgan fingerprint density at radius 1 is 1.14 bits per heavy atom. The van der Waals surface area contributed by atoms with Crippen molar-refractivity contribution in [2.45, 2.75) is 31.7 Å². The summed E-state index contributed by atoms with van der Waals surface area (Å²) in [5.74, 6) is 1.39. The molecule has 0 bridgehead atoms. The van der Waals surface area contributed by atoms with Gasteiger partial charge in [0.1, 0.15) is 5.69 Å². The molecule has 1 aliphatic carbocycles. The maximum atomic E-state index is 6.15. The zero-order valence-electron chi connectivity index (χ0n) is 12.5. The van der Waals surface area contributed by atoms with Gasteiger partial charge in [0.15, 0.2) is 11.5 Å². The number of rotatable bonds is 4. The number of aromatic nitrogens is 2. The van der Waals surface area contributed by atoms with Gasteiger partial charge in [-0.3, -0.25) is 4.68 Å². The van der Waals surface area contributed by atoms with E-state index in [9.17, 15) is 0 Å². The molecule has 0 unspecified atom stereocenters. The highest BCUT2D eigenvalue weighted by Crippen LogP contribution is 2.36. The monoisotopic (exact) mass is 287 g/mol. The first-order valence-electron chi connectivity index (χ1n) is 7.30. The second-order valence-corrected chi connectivity index (χ2v) is 5.42. The molecule has 0 saturated heterocycles. The molecule has 2 aromatic rings. The molecule has 0 aliphatic heterocycles. The minimum atomic E-state index is 0.487. The molecule has 5 nitrogen and oxygen atoms in total. The molecular weight excluding hydrogens is 266 g/mol. The Hall–Kier alpha value is -2.17. The number of nitrogens with two attached hydrogens (primary N) is 1. The molecule has 1 fully saturated rings. The largest absolute Gasteiger partial charge is 0.493 e. The van der Waals surface area contributed by atoms with Gasteiger partial charge in [0.25, 0.3) is 0 Å². The lowest BCUT2D eigenvalue weighted by Gasteiger charge is -2.10. The maximum Gasteiger partial charge on any atom is 0.161 e. The highest BCUT2D eigenvalue weighted by atomic mass is 16.5. The summed E-state index contributed by atoms with van der Waals surface area (Å²) in [4.78, 5) is 0.